The van der Waals surface area contributed by atoms with E-state index in [0.29, 0.717) is 23.7 Å². The number of hydrogen-bond donors (Lipinski definition) is 2. The Morgan fingerprint density at radius 3 is 2.48 bits per heavy atom. The average Bonchev–Trinajstić information content (AvgIpc) is 2.42. The van der Waals surface area contributed by atoms with Gasteiger partial charge in [-0.1, -0.05) is 19.0 Å². The predicted octanol–water partition coefficient (Wildman–Crippen LogP) is 2.56. The van der Waals surface area contributed by atoms with Gasteiger partial charge in [0, 0.05) is 24.2 Å². The van der Waals surface area contributed by atoms with Gasteiger partial charge in [0.1, 0.15) is 5.69 Å². The fourth-order valence-corrected chi connectivity index (χ4v) is 2.11. The van der Waals surface area contributed by atoms with E-state index in [1.54, 1.807) is 12.1 Å². The Labute approximate surface area is 124 Å². The van der Waals surface area contributed by atoms with Gasteiger partial charge in [0.25, 0.3) is 5.69 Å². The van der Waals surface area contributed by atoms with Crippen LogP contribution < -0.4 is 10.6 Å². The smallest absolute Gasteiger partial charge is 0.293 e. The summed E-state index contributed by atoms with van der Waals surface area (Å²) >= 11 is 0. The minimum Gasteiger partial charge on any atom is -0.409 e. The van der Waals surface area contributed by atoms with Gasteiger partial charge < -0.3 is 15.8 Å². The zero-order valence-corrected chi connectivity index (χ0v) is 12.8. The summed E-state index contributed by atoms with van der Waals surface area (Å²) in [5, 5.41) is 22.9. The molecule has 3 N–H and O–H groups in total. The molecule has 0 saturated carbocycles. The number of rotatable bonds is 6. The van der Waals surface area contributed by atoms with Gasteiger partial charge in [-0.25, -0.2) is 0 Å². The quantitative estimate of drug-likeness (QED) is 0.276. The summed E-state index contributed by atoms with van der Waals surface area (Å²) in [4.78, 5) is 12.9. The highest BCUT2D eigenvalue weighted by atomic mass is 16.6. The number of nitro groups is 1. The molecule has 0 aliphatic carbocycles. The van der Waals surface area contributed by atoms with Crippen LogP contribution in [0.4, 0.5) is 11.4 Å². The number of oxime groups is 1. The lowest BCUT2D eigenvalue weighted by atomic mass is 10.1. The van der Waals surface area contributed by atoms with Crippen molar-refractivity contribution < 1.29 is 10.1 Å². The van der Waals surface area contributed by atoms with Gasteiger partial charge in [-0.3, -0.25) is 10.1 Å². The van der Waals surface area contributed by atoms with Crippen LogP contribution in [0, 0.1) is 16.0 Å². The van der Waals surface area contributed by atoms with Crippen molar-refractivity contribution in [3.8, 4) is 0 Å². The van der Waals surface area contributed by atoms with Gasteiger partial charge in [0.15, 0.2) is 5.84 Å². The Balaban J connectivity index is 3.36. The molecular formula is C14H22N4O3. The van der Waals surface area contributed by atoms with E-state index in [9.17, 15) is 10.1 Å². The van der Waals surface area contributed by atoms with Crippen LogP contribution in [0.2, 0.25) is 0 Å². The van der Waals surface area contributed by atoms with Gasteiger partial charge in [-0.05, 0) is 31.9 Å². The number of amidine groups is 1. The summed E-state index contributed by atoms with van der Waals surface area (Å²) in [7, 11) is 0. The van der Waals surface area contributed by atoms with Crippen LogP contribution in [0.1, 0.15) is 33.3 Å². The third-order valence-corrected chi connectivity index (χ3v) is 3.07. The lowest BCUT2D eigenvalue weighted by Gasteiger charge is -2.30. The van der Waals surface area contributed by atoms with E-state index >= 15 is 0 Å². The van der Waals surface area contributed by atoms with Crippen molar-refractivity contribution in [2.24, 2.45) is 16.8 Å². The molecule has 0 aromatic heterocycles. The first-order chi connectivity index (χ1) is 9.77. The number of nitrogens with two attached hydrogens (primary N) is 1. The van der Waals surface area contributed by atoms with E-state index in [1.165, 1.54) is 6.07 Å². The summed E-state index contributed by atoms with van der Waals surface area (Å²) in [5.41, 5.74) is 6.31. The Morgan fingerprint density at radius 2 is 2.05 bits per heavy atom. The highest BCUT2D eigenvalue weighted by molar-refractivity contribution is 5.98. The molecular weight excluding hydrogens is 272 g/mol. The monoisotopic (exact) mass is 294 g/mol. The number of nitro benzene ring substituents is 1. The molecule has 0 aliphatic heterocycles. The van der Waals surface area contributed by atoms with Crippen LogP contribution in [-0.4, -0.2) is 28.6 Å². The van der Waals surface area contributed by atoms with Crippen LogP contribution in [0.15, 0.2) is 23.4 Å². The number of anilines is 1. The number of hydrogen-bond acceptors (Lipinski definition) is 5. The SMILES string of the molecule is CC(C)CN(c1ccc(C(N)=NO)cc1[N+](=O)[O-])C(C)C. The summed E-state index contributed by atoms with van der Waals surface area (Å²) in [6, 6.07) is 4.72. The largest absolute Gasteiger partial charge is 0.409 e. The summed E-state index contributed by atoms with van der Waals surface area (Å²) < 4.78 is 0. The van der Waals surface area contributed by atoms with Crippen molar-refractivity contribution in [3.63, 3.8) is 0 Å². The van der Waals surface area contributed by atoms with E-state index in [2.05, 4.69) is 19.0 Å². The Bertz CT molecular complexity index is 541. The molecule has 0 radical (unpaired) electrons. The van der Waals surface area contributed by atoms with E-state index in [4.69, 9.17) is 10.9 Å². The molecule has 0 saturated heterocycles. The molecule has 0 heterocycles. The minimum atomic E-state index is -0.445. The van der Waals surface area contributed by atoms with Gasteiger partial charge in [-0.2, -0.15) is 0 Å². The average molecular weight is 294 g/mol. The van der Waals surface area contributed by atoms with E-state index in [0.717, 1.165) is 0 Å². The second kappa shape index (κ2) is 6.92. The Kier molecular flexibility index (Phi) is 5.52. The first-order valence-corrected chi connectivity index (χ1v) is 6.80. The zero-order chi connectivity index (χ0) is 16.2. The van der Waals surface area contributed by atoms with Crippen molar-refractivity contribution in [2.45, 2.75) is 33.7 Å². The van der Waals surface area contributed by atoms with Crippen LogP contribution >= 0.6 is 0 Å². The second-order valence-corrected chi connectivity index (χ2v) is 5.59. The standard InChI is InChI=1S/C14H22N4O3/c1-9(2)8-17(10(3)4)12-6-5-11(14(15)16-19)7-13(12)18(20)21/h5-7,9-10,19H,8H2,1-4H3,(H2,15,16). The van der Waals surface area contributed by atoms with Gasteiger partial charge in [0.2, 0.25) is 0 Å². The number of nitrogens with zero attached hydrogens (tertiary/aromatic N) is 3. The highest BCUT2D eigenvalue weighted by Gasteiger charge is 2.23. The van der Waals surface area contributed by atoms with Crippen molar-refractivity contribution in [1.29, 1.82) is 0 Å². The summed E-state index contributed by atoms with van der Waals surface area (Å²) in [5.74, 6) is 0.223. The van der Waals surface area contributed by atoms with Gasteiger partial charge in [-0.15, -0.1) is 0 Å². The normalized spacial score (nSPS) is 12.0. The van der Waals surface area contributed by atoms with Gasteiger partial charge in [0.05, 0.1) is 4.92 Å². The van der Waals surface area contributed by atoms with Crippen LogP contribution in [-0.2, 0) is 0 Å². The maximum atomic E-state index is 11.3. The third-order valence-electron chi connectivity index (χ3n) is 3.07. The Hall–Kier alpha value is -2.31. The molecule has 0 bridgehead atoms. The molecule has 1 aromatic rings. The first kappa shape index (κ1) is 16.7. The summed E-state index contributed by atoms with van der Waals surface area (Å²) in [6.07, 6.45) is 0. The van der Waals surface area contributed by atoms with Crippen molar-refractivity contribution in [1.82, 2.24) is 0 Å². The maximum Gasteiger partial charge on any atom is 0.293 e. The molecule has 21 heavy (non-hydrogen) atoms. The molecule has 0 spiro atoms. The molecule has 0 amide bonds. The van der Waals surface area contributed by atoms with Crippen LogP contribution in [0.3, 0.4) is 0 Å². The second-order valence-electron chi connectivity index (χ2n) is 5.59. The molecule has 116 valence electrons. The van der Waals surface area contributed by atoms with Crippen LogP contribution in [0.5, 0.6) is 0 Å². The topological polar surface area (TPSA) is 105 Å². The molecule has 0 unspecified atom stereocenters. The molecule has 0 fully saturated rings. The predicted molar refractivity (Wildman–Crippen MR) is 82.9 cm³/mol. The molecule has 0 aliphatic rings. The highest BCUT2D eigenvalue weighted by Crippen LogP contribution is 2.31. The fourth-order valence-electron chi connectivity index (χ4n) is 2.11. The molecule has 1 rings (SSSR count). The van der Waals surface area contributed by atoms with Crippen molar-refractivity contribution in [2.75, 3.05) is 11.4 Å². The molecule has 0 atom stereocenters. The lowest BCUT2D eigenvalue weighted by molar-refractivity contribution is -0.384. The van der Waals surface area contributed by atoms with Crippen LogP contribution in [0.25, 0.3) is 0 Å². The Morgan fingerprint density at radius 1 is 1.43 bits per heavy atom. The van der Waals surface area contributed by atoms with Crippen molar-refractivity contribution >= 4 is 17.2 Å². The van der Waals surface area contributed by atoms with E-state index in [-0.39, 0.29) is 17.6 Å². The molecule has 7 heteroatoms. The molecule has 1 aromatic carbocycles. The third kappa shape index (κ3) is 4.08. The molecule has 7 nitrogen and oxygen atoms in total. The number of benzene rings is 1. The fraction of sp³-hybridized carbons (Fsp3) is 0.500. The van der Waals surface area contributed by atoms with E-state index < -0.39 is 4.92 Å². The minimum absolute atomic E-state index is 0.0477. The summed E-state index contributed by atoms with van der Waals surface area (Å²) in [6.45, 7) is 8.81. The lowest BCUT2D eigenvalue weighted by Crippen LogP contribution is -2.34. The first-order valence-electron chi connectivity index (χ1n) is 6.80. The van der Waals surface area contributed by atoms with Crippen molar-refractivity contribution in [3.05, 3.63) is 33.9 Å². The van der Waals surface area contributed by atoms with E-state index in [1.807, 2.05) is 18.7 Å². The van der Waals surface area contributed by atoms with Gasteiger partial charge >= 0.3 is 0 Å². The maximum absolute atomic E-state index is 11.3. The zero-order valence-electron chi connectivity index (χ0n) is 12.8.